The third-order valence-electron chi connectivity index (χ3n) is 10.6. The Morgan fingerprint density at radius 1 is 0.863 bits per heavy atom. The van der Waals surface area contributed by atoms with Gasteiger partial charge >= 0.3 is 0 Å². The molecule has 3 aromatic heterocycles. The van der Waals surface area contributed by atoms with Crippen LogP contribution in [0.5, 0.6) is 0 Å². The largest absolute Gasteiger partial charge is 0.512 e. The molecule has 0 aliphatic heterocycles. The molecule has 6 heteroatoms. The number of allylic oxidation sites excluding steroid dienone is 2. The smallest absolute Gasteiger partial charge is 0.164 e. The standard InChI is InChI=1S/C30H29N2S.C15H28O2.Ir/c1-19(2)12-24-14-23-17-27(32-18-29(23)33-24)21-10-11-31-28(16-21)22-13-20-8-6-7-9-25(20)26(15-22)30(3,4)5;1-7-14(5,8-2)12(16)11-13(17)15(6,9-3)10-4;/h6-11,14-19H,12H2,1-5H3;11,16H,7-10H2,1-6H3;/q-1;;/b;12-11-;. The van der Waals surface area contributed by atoms with Crippen molar-refractivity contribution in [2.45, 2.75) is 114 Å². The number of thiophene rings is 1. The maximum absolute atomic E-state index is 12.2. The number of ketones is 1. The van der Waals surface area contributed by atoms with Crippen LogP contribution in [0.2, 0.25) is 0 Å². The van der Waals surface area contributed by atoms with Crippen LogP contribution in [-0.2, 0) is 36.7 Å². The zero-order valence-corrected chi connectivity index (χ0v) is 35.7. The number of aromatic nitrogens is 2. The van der Waals surface area contributed by atoms with Crippen molar-refractivity contribution < 1.29 is 30.0 Å². The van der Waals surface area contributed by atoms with E-state index in [1.807, 2.05) is 71.3 Å². The molecule has 1 N–H and O–H groups in total. The number of pyridine rings is 2. The van der Waals surface area contributed by atoms with Gasteiger partial charge in [-0.3, -0.25) is 14.8 Å². The molecule has 5 aromatic rings. The summed E-state index contributed by atoms with van der Waals surface area (Å²) in [6.07, 6.45) is 9.76. The van der Waals surface area contributed by atoms with E-state index in [2.05, 4.69) is 89.2 Å². The predicted octanol–water partition coefficient (Wildman–Crippen LogP) is 13.1. The second-order valence-corrected chi connectivity index (χ2v) is 16.8. The second kappa shape index (κ2) is 17.6. The summed E-state index contributed by atoms with van der Waals surface area (Å²) >= 11 is 1.85. The van der Waals surface area contributed by atoms with Gasteiger partial charge in [-0.2, -0.15) is 0 Å². The maximum atomic E-state index is 12.2. The van der Waals surface area contributed by atoms with Crippen LogP contribution in [0.4, 0.5) is 0 Å². The average Bonchev–Trinajstić information content (AvgIpc) is 3.51. The quantitative estimate of drug-likeness (QED) is 0.0815. The van der Waals surface area contributed by atoms with E-state index in [0.29, 0.717) is 5.92 Å². The summed E-state index contributed by atoms with van der Waals surface area (Å²) in [5.74, 6) is 0.943. The summed E-state index contributed by atoms with van der Waals surface area (Å²) in [6.45, 7) is 23.4. The number of carbonyl (C=O) groups is 1. The van der Waals surface area contributed by atoms with Gasteiger partial charge in [-0.05, 0) is 72.6 Å². The molecule has 2 aromatic carbocycles. The van der Waals surface area contributed by atoms with Gasteiger partial charge in [0, 0.05) is 60.0 Å². The minimum Gasteiger partial charge on any atom is -0.512 e. The van der Waals surface area contributed by atoms with Gasteiger partial charge in [0.05, 0.1) is 10.4 Å². The van der Waals surface area contributed by atoms with Gasteiger partial charge in [0.1, 0.15) is 5.76 Å². The number of rotatable bonds is 11. The second-order valence-electron chi connectivity index (χ2n) is 15.7. The van der Waals surface area contributed by atoms with Crippen LogP contribution in [0.15, 0.2) is 78.8 Å². The minimum atomic E-state index is -0.337. The van der Waals surface area contributed by atoms with E-state index in [4.69, 9.17) is 9.97 Å². The zero-order chi connectivity index (χ0) is 36.9. The Morgan fingerprint density at radius 2 is 1.51 bits per heavy atom. The number of hydrogen-bond donors (Lipinski definition) is 1. The minimum absolute atomic E-state index is 0. The van der Waals surface area contributed by atoms with Gasteiger partial charge in [0.15, 0.2) is 5.78 Å². The van der Waals surface area contributed by atoms with Crippen molar-refractivity contribution in [1.82, 2.24) is 9.97 Å². The van der Waals surface area contributed by atoms with Crippen molar-refractivity contribution in [3.63, 3.8) is 0 Å². The molecular formula is C45H57IrN2O2S-. The molecule has 4 nitrogen and oxygen atoms in total. The Bertz CT molecular complexity index is 1960. The Labute approximate surface area is 324 Å². The molecule has 0 bridgehead atoms. The Hall–Kier alpha value is -3.18. The summed E-state index contributed by atoms with van der Waals surface area (Å²) in [5.41, 5.74) is 4.76. The first-order valence-corrected chi connectivity index (χ1v) is 19.2. The van der Waals surface area contributed by atoms with Crippen molar-refractivity contribution in [1.29, 1.82) is 0 Å². The molecule has 0 fully saturated rings. The number of carbonyl (C=O) groups excluding carboxylic acids is 1. The fraction of sp³-hybridized carbons (Fsp3) is 0.444. The first-order valence-electron chi connectivity index (χ1n) is 18.3. The maximum Gasteiger partial charge on any atom is 0.164 e. The fourth-order valence-electron chi connectivity index (χ4n) is 6.07. The van der Waals surface area contributed by atoms with E-state index in [1.165, 1.54) is 32.0 Å². The van der Waals surface area contributed by atoms with Crippen LogP contribution >= 0.6 is 11.3 Å². The normalized spacial score (nSPS) is 12.5. The topological polar surface area (TPSA) is 63.1 Å². The third-order valence-corrected chi connectivity index (χ3v) is 11.7. The molecule has 5 rings (SSSR count). The number of aliphatic hydroxyl groups is 1. The number of benzene rings is 2. The van der Waals surface area contributed by atoms with Crippen molar-refractivity contribution in [3.8, 4) is 22.5 Å². The summed E-state index contributed by atoms with van der Waals surface area (Å²) in [7, 11) is 0. The molecule has 51 heavy (non-hydrogen) atoms. The summed E-state index contributed by atoms with van der Waals surface area (Å²) in [6, 6.07) is 23.1. The molecule has 0 aliphatic rings. The van der Waals surface area contributed by atoms with Crippen LogP contribution < -0.4 is 0 Å². The number of nitrogens with zero attached hydrogens (tertiary/aromatic N) is 2. The first-order chi connectivity index (χ1) is 23.6. The summed E-state index contributed by atoms with van der Waals surface area (Å²) in [5, 5.41) is 13.8. The molecule has 0 saturated heterocycles. The molecular weight excluding hydrogens is 825 g/mol. The fourth-order valence-corrected chi connectivity index (χ4v) is 7.30. The van der Waals surface area contributed by atoms with Gasteiger partial charge in [-0.25, -0.2) is 0 Å². The molecule has 275 valence electrons. The van der Waals surface area contributed by atoms with Crippen molar-refractivity contribution in [2.75, 3.05) is 0 Å². The van der Waals surface area contributed by atoms with Crippen molar-refractivity contribution in [3.05, 3.63) is 95.3 Å². The SMILES string of the molecule is CC(C)Cc1cc2cc(-c3ccnc(-c4[c-]c5ccccc5c(C(C)(C)C)c4)c3)ncc2s1.CCC(C)(CC)C(=O)/C=C(\O)C(C)(CC)CC.[Ir]. The molecule has 0 unspecified atom stereocenters. The van der Waals surface area contributed by atoms with Gasteiger partial charge < -0.3 is 5.11 Å². The summed E-state index contributed by atoms with van der Waals surface area (Å²) < 4.78 is 1.25. The number of hydrogen-bond acceptors (Lipinski definition) is 5. The number of fused-ring (bicyclic) bond motifs is 2. The predicted molar refractivity (Wildman–Crippen MR) is 215 cm³/mol. The van der Waals surface area contributed by atoms with Crippen LogP contribution in [0, 0.1) is 22.8 Å². The molecule has 0 saturated carbocycles. The van der Waals surface area contributed by atoms with Crippen LogP contribution in [0.25, 0.3) is 43.4 Å². The van der Waals surface area contributed by atoms with E-state index < -0.39 is 0 Å². The summed E-state index contributed by atoms with van der Waals surface area (Å²) in [4.78, 5) is 23.1. The Kier molecular flexibility index (Phi) is 14.5. The number of aliphatic hydroxyl groups excluding tert-OH is 1. The monoisotopic (exact) mass is 882 g/mol. The van der Waals surface area contributed by atoms with Crippen LogP contribution in [0.1, 0.15) is 112 Å². The molecule has 3 heterocycles. The van der Waals surface area contributed by atoms with E-state index >= 15 is 0 Å². The van der Waals surface area contributed by atoms with E-state index in [9.17, 15) is 9.90 Å². The molecule has 0 amide bonds. The first kappa shape index (κ1) is 42.2. The molecule has 1 radical (unpaired) electrons. The van der Waals surface area contributed by atoms with Gasteiger partial charge in [-0.1, -0.05) is 111 Å². The Balaban J connectivity index is 0.000000335. The molecule has 0 atom stereocenters. The van der Waals surface area contributed by atoms with Gasteiger partial charge in [0.25, 0.3) is 0 Å². The zero-order valence-electron chi connectivity index (χ0n) is 32.5. The molecule has 0 spiro atoms. The third kappa shape index (κ3) is 10.0. The van der Waals surface area contributed by atoms with E-state index in [-0.39, 0.29) is 47.9 Å². The van der Waals surface area contributed by atoms with Crippen LogP contribution in [0.3, 0.4) is 0 Å². The van der Waals surface area contributed by atoms with Crippen molar-refractivity contribution in [2.24, 2.45) is 16.7 Å². The molecule has 0 aliphatic carbocycles. The average molecular weight is 882 g/mol. The van der Waals surface area contributed by atoms with Crippen LogP contribution in [-0.4, -0.2) is 20.9 Å². The van der Waals surface area contributed by atoms with Gasteiger partial charge in [-0.15, -0.1) is 40.5 Å². The van der Waals surface area contributed by atoms with Crippen molar-refractivity contribution >= 4 is 38.0 Å². The van der Waals surface area contributed by atoms with E-state index in [0.717, 1.165) is 60.0 Å². The van der Waals surface area contributed by atoms with Gasteiger partial charge in [0.2, 0.25) is 0 Å². The van der Waals surface area contributed by atoms with E-state index in [1.54, 1.807) is 0 Å². The Morgan fingerprint density at radius 3 is 2.12 bits per heavy atom.